The van der Waals surface area contributed by atoms with Crippen LogP contribution in [0.2, 0.25) is 0 Å². The van der Waals surface area contributed by atoms with Gasteiger partial charge >= 0.3 is 0 Å². The summed E-state index contributed by atoms with van der Waals surface area (Å²) in [7, 11) is 3.11. The summed E-state index contributed by atoms with van der Waals surface area (Å²) in [6, 6.07) is 0. The zero-order chi connectivity index (χ0) is 10.5. The molecule has 0 unspecified atom stereocenters. The van der Waals surface area contributed by atoms with Gasteiger partial charge in [0.2, 0.25) is 0 Å². The average molecular weight is 194 g/mol. The van der Waals surface area contributed by atoms with Gasteiger partial charge in [0.15, 0.2) is 6.29 Å². The third kappa shape index (κ3) is 14.6. The quantitative estimate of drug-likeness (QED) is 0.442. The van der Waals surface area contributed by atoms with Crippen molar-refractivity contribution in [3.05, 3.63) is 0 Å². The van der Waals surface area contributed by atoms with Crippen LogP contribution in [0.3, 0.4) is 0 Å². The van der Waals surface area contributed by atoms with Crippen LogP contribution in [-0.4, -0.2) is 46.8 Å². The molecule has 0 saturated carbocycles. The van der Waals surface area contributed by atoms with Crippen LogP contribution in [0.25, 0.3) is 0 Å². The van der Waals surface area contributed by atoms with E-state index >= 15 is 0 Å². The van der Waals surface area contributed by atoms with Gasteiger partial charge in [0.1, 0.15) is 0 Å². The Morgan fingerprint density at radius 3 is 1.77 bits per heavy atom. The summed E-state index contributed by atoms with van der Waals surface area (Å²) in [6.07, 6.45) is -0.236. The van der Waals surface area contributed by atoms with Gasteiger partial charge in [-0.25, -0.2) is 0 Å². The van der Waals surface area contributed by atoms with Crippen LogP contribution in [0.1, 0.15) is 6.92 Å². The van der Waals surface area contributed by atoms with Crippen molar-refractivity contribution in [3.8, 4) is 0 Å². The van der Waals surface area contributed by atoms with Gasteiger partial charge in [0, 0.05) is 33.9 Å². The lowest BCUT2D eigenvalue weighted by atomic mass is 10.6. The van der Waals surface area contributed by atoms with Crippen LogP contribution >= 0.6 is 0 Å². The maximum Gasteiger partial charge on any atom is 0.168 e. The minimum Gasteiger partial charge on any atom is -0.380 e. The zero-order valence-electron chi connectivity index (χ0n) is 8.79. The SMILES string of the molecule is CCOCCN.COC(CN)OC. The number of hydrogen-bond donors (Lipinski definition) is 2. The lowest BCUT2D eigenvalue weighted by Crippen LogP contribution is -2.23. The molecule has 5 nitrogen and oxygen atoms in total. The Morgan fingerprint density at radius 1 is 1.15 bits per heavy atom. The van der Waals surface area contributed by atoms with E-state index in [2.05, 4.69) is 0 Å². The van der Waals surface area contributed by atoms with Gasteiger partial charge in [-0.05, 0) is 6.92 Å². The molecule has 0 aliphatic heterocycles. The summed E-state index contributed by atoms with van der Waals surface area (Å²) in [5.41, 5.74) is 10.2. The van der Waals surface area contributed by atoms with Gasteiger partial charge in [-0.2, -0.15) is 0 Å². The lowest BCUT2D eigenvalue weighted by molar-refractivity contribution is -0.0940. The van der Waals surface area contributed by atoms with Gasteiger partial charge in [-0.15, -0.1) is 0 Å². The minimum atomic E-state index is -0.236. The highest BCUT2D eigenvalue weighted by molar-refractivity contribution is 4.37. The molecule has 0 aromatic heterocycles. The van der Waals surface area contributed by atoms with Gasteiger partial charge in [0.05, 0.1) is 6.61 Å². The van der Waals surface area contributed by atoms with Crippen molar-refractivity contribution >= 4 is 0 Å². The second-order valence-corrected chi connectivity index (χ2v) is 2.12. The Balaban J connectivity index is 0. The van der Waals surface area contributed by atoms with Gasteiger partial charge in [0.25, 0.3) is 0 Å². The molecule has 0 saturated heterocycles. The summed E-state index contributed by atoms with van der Waals surface area (Å²) >= 11 is 0. The van der Waals surface area contributed by atoms with Crippen LogP contribution in [0.5, 0.6) is 0 Å². The molecule has 4 N–H and O–H groups in total. The Bertz CT molecular complexity index is 70.3. The van der Waals surface area contributed by atoms with Crippen molar-refractivity contribution in [2.45, 2.75) is 13.2 Å². The smallest absolute Gasteiger partial charge is 0.168 e. The molecule has 0 aromatic carbocycles. The third-order valence-electron chi connectivity index (χ3n) is 1.18. The molecule has 0 atom stereocenters. The second kappa shape index (κ2) is 14.3. The maximum absolute atomic E-state index is 5.14. The molecule has 82 valence electrons. The molecule has 0 spiro atoms. The number of hydrogen-bond acceptors (Lipinski definition) is 5. The summed E-state index contributed by atoms with van der Waals surface area (Å²) < 4.78 is 14.3. The molecule has 0 fully saturated rings. The van der Waals surface area contributed by atoms with Crippen molar-refractivity contribution in [3.63, 3.8) is 0 Å². The highest BCUT2D eigenvalue weighted by Crippen LogP contribution is 1.83. The summed E-state index contributed by atoms with van der Waals surface area (Å²) in [5, 5.41) is 0. The van der Waals surface area contributed by atoms with Crippen molar-refractivity contribution in [1.29, 1.82) is 0 Å². The fourth-order valence-corrected chi connectivity index (χ4v) is 0.516. The molecule has 0 aliphatic carbocycles. The van der Waals surface area contributed by atoms with Gasteiger partial charge in [-0.1, -0.05) is 0 Å². The Morgan fingerprint density at radius 2 is 1.69 bits per heavy atom. The monoisotopic (exact) mass is 194 g/mol. The first kappa shape index (κ1) is 15.3. The Labute approximate surface area is 80.3 Å². The first-order valence-electron chi connectivity index (χ1n) is 4.30. The molecule has 0 aliphatic rings. The highest BCUT2D eigenvalue weighted by atomic mass is 16.7. The summed E-state index contributed by atoms with van der Waals surface area (Å²) in [4.78, 5) is 0. The molecule has 0 aromatic rings. The number of rotatable bonds is 6. The molecule has 0 rings (SSSR count). The largest absolute Gasteiger partial charge is 0.380 e. The average Bonchev–Trinajstić information content (AvgIpc) is 2.18. The van der Waals surface area contributed by atoms with Crippen LogP contribution in [0.15, 0.2) is 0 Å². The normalized spacial score (nSPS) is 9.69. The predicted molar refractivity (Wildman–Crippen MR) is 52.4 cm³/mol. The van der Waals surface area contributed by atoms with E-state index in [0.29, 0.717) is 19.7 Å². The fraction of sp³-hybridized carbons (Fsp3) is 1.00. The van der Waals surface area contributed by atoms with Crippen molar-refractivity contribution in [2.24, 2.45) is 11.5 Å². The van der Waals surface area contributed by atoms with Crippen molar-refractivity contribution in [1.82, 2.24) is 0 Å². The van der Waals surface area contributed by atoms with E-state index in [1.54, 1.807) is 14.2 Å². The minimum absolute atomic E-state index is 0.236. The number of ether oxygens (including phenoxy) is 3. The van der Waals surface area contributed by atoms with E-state index in [1.807, 2.05) is 6.92 Å². The summed E-state index contributed by atoms with van der Waals surface area (Å²) in [5.74, 6) is 0. The standard InChI is InChI=1S/C4H11NO2.C4H11NO/c1-6-4(3-5)7-2;1-2-6-4-3-5/h4H,3,5H2,1-2H3;2-5H2,1H3. The van der Waals surface area contributed by atoms with E-state index in [1.165, 1.54) is 0 Å². The fourth-order valence-electron chi connectivity index (χ4n) is 0.516. The second-order valence-electron chi connectivity index (χ2n) is 2.12. The van der Waals surface area contributed by atoms with E-state index < -0.39 is 0 Å². The van der Waals surface area contributed by atoms with Crippen LogP contribution in [0.4, 0.5) is 0 Å². The number of nitrogens with two attached hydrogens (primary N) is 2. The molecular formula is C8H22N2O3. The number of methoxy groups -OCH3 is 2. The van der Waals surface area contributed by atoms with Crippen molar-refractivity contribution in [2.75, 3.05) is 40.5 Å². The van der Waals surface area contributed by atoms with Crippen molar-refractivity contribution < 1.29 is 14.2 Å². The third-order valence-corrected chi connectivity index (χ3v) is 1.18. The zero-order valence-corrected chi connectivity index (χ0v) is 8.79. The highest BCUT2D eigenvalue weighted by Gasteiger charge is 1.96. The first-order chi connectivity index (χ1) is 6.26. The van der Waals surface area contributed by atoms with Gasteiger partial charge in [-0.3, -0.25) is 0 Å². The molecule has 0 bridgehead atoms. The maximum atomic E-state index is 5.14. The molecule has 0 heterocycles. The molecule has 0 amide bonds. The molecule has 5 heteroatoms. The Hall–Kier alpha value is -0.200. The van der Waals surface area contributed by atoms with Gasteiger partial charge < -0.3 is 25.7 Å². The topological polar surface area (TPSA) is 79.7 Å². The van der Waals surface area contributed by atoms with Crippen LogP contribution in [-0.2, 0) is 14.2 Å². The van der Waals surface area contributed by atoms with E-state index in [0.717, 1.165) is 6.61 Å². The summed E-state index contributed by atoms with van der Waals surface area (Å²) in [6.45, 7) is 4.46. The van der Waals surface area contributed by atoms with Crippen LogP contribution < -0.4 is 11.5 Å². The first-order valence-corrected chi connectivity index (χ1v) is 4.30. The molecule has 13 heavy (non-hydrogen) atoms. The van der Waals surface area contributed by atoms with E-state index in [9.17, 15) is 0 Å². The predicted octanol–water partition coefficient (Wildman–Crippen LogP) is -0.454. The van der Waals surface area contributed by atoms with E-state index in [-0.39, 0.29) is 6.29 Å². The molecular weight excluding hydrogens is 172 g/mol. The Kier molecular flexibility index (Phi) is 16.8. The van der Waals surface area contributed by atoms with Crippen LogP contribution in [0, 0.1) is 0 Å². The van der Waals surface area contributed by atoms with E-state index in [4.69, 9.17) is 25.7 Å². The lowest BCUT2D eigenvalue weighted by Gasteiger charge is -2.08. The molecule has 0 radical (unpaired) electrons.